The Bertz CT molecular complexity index is 1160. The standard InChI is InChI=1S/C28H34FN3O6/c1-28(2,3)24(31-27(36)38-19-6-4-5-7-19)25(33)32-16-21(15-23(32)26(34)35)37-20-12-13-30-22(14-20)17-8-10-18(29)11-9-17/h8-14,19,21,23-24H,4-7,15-16H2,1-3H3,(H,31,36)(H,34,35). The second-order valence-electron chi connectivity index (χ2n) is 11.0. The highest BCUT2D eigenvalue weighted by atomic mass is 19.1. The maximum atomic E-state index is 13.6. The first-order valence-corrected chi connectivity index (χ1v) is 12.9. The van der Waals surface area contributed by atoms with E-state index in [0.717, 1.165) is 25.7 Å². The molecule has 4 rings (SSSR count). The number of nitrogens with one attached hydrogen (secondary N) is 1. The summed E-state index contributed by atoms with van der Waals surface area (Å²) in [6, 6.07) is 7.13. The number of alkyl carbamates (subject to hydrolysis) is 1. The van der Waals surface area contributed by atoms with Crippen molar-refractivity contribution in [2.45, 2.75) is 77.2 Å². The molecule has 3 atom stereocenters. The minimum Gasteiger partial charge on any atom is -0.488 e. The minimum atomic E-state index is -1.15. The van der Waals surface area contributed by atoms with Gasteiger partial charge in [-0.2, -0.15) is 0 Å². The molecule has 0 bridgehead atoms. The Kier molecular flexibility index (Phi) is 8.18. The summed E-state index contributed by atoms with van der Waals surface area (Å²) < 4.78 is 24.9. The van der Waals surface area contributed by atoms with Crippen molar-refractivity contribution in [1.29, 1.82) is 0 Å². The van der Waals surface area contributed by atoms with Crippen LogP contribution in [-0.4, -0.2) is 63.8 Å². The van der Waals surface area contributed by atoms with Crippen molar-refractivity contribution in [3.63, 3.8) is 0 Å². The van der Waals surface area contributed by atoms with Gasteiger partial charge in [0.25, 0.3) is 0 Å². The van der Waals surface area contributed by atoms with Crippen molar-refractivity contribution >= 4 is 18.0 Å². The fourth-order valence-corrected chi connectivity index (χ4v) is 4.94. The van der Waals surface area contributed by atoms with Crippen LogP contribution in [0.4, 0.5) is 9.18 Å². The van der Waals surface area contributed by atoms with E-state index >= 15 is 0 Å². The Hall–Kier alpha value is -3.69. The van der Waals surface area contributed by atoms with E-state index in [1.54, 1.807) is 51.2 Å². The molecule has 2 aliphatic rings. The first kappa shape index (κ1) is 27.3. The molecule has 2 fully saturated rings. The molecule has 2 aromatic rings. The topological polar surface area (TPSA) is 118 Å². The summed E-state index contributed by atoms with van der Waals surface area (Å²) in [6.45, 7) is 5.45. The number of carbonyl (C=O) groups excluding carboxylic acids is 2. The molecule has 1 saturated carbocycles. The third kappa shape index (κ3) is 6.59. The van der Waals surface area contributed by atoms with Crippen LogP contribution in [0.25, 0.3) is 11.3 Å². The zero-order valence-corrected chi connectivity index (χ0v) is 21.9. The molecular weight excluding hydrogens is 493 g/mol. The van der Waals surface area contributed by atoms with E-state index in [1.165, 1.54) is 17.0 Å². The molecule has 38 heavy (non-hydrogen) atoms. The molecule has 1 aliphatic heterocycles. The first-order chi connectivity index (χ1) is 18.0. The third-order valence-electron chi connectivity index (χ3n) is 6.96. The first-order valence-electron chi connectivity index (χ1n) is 12.9. The number of carbonyl (C=O) groups is 3. The van der Waals surface area contributed by atoms with Gasteiger partial charge in [-0.15, -0.1) is 0 Å². The zero-order valence-electron chi connectivity index (χ0n) is 21.9. The Morgan fingerprint density at radius 2 is 1.79 bits per heavy atom. The van der Waals surface area contributed by atoms with Crippen LogP contribution < -0.4 is 10.1 Å². The van der Waals surface area contributed by atoms with Crippen LogP contribution in [0, 0.1) is 11.2 Å². The lowest BCUT2D eigenvalue weighted by Gasteiger charge is -2.34. The number of hydrogen-bond acceptors (Lipinski definition) is 6. The molecular formula is C28H34FN3O6. The number of nitrogens with zero attached hydrogens (tertiary/aromatic N) is 2. The zero-order chi connectivity index (χ0) is 27.4. The number of ether oxygens (including phenoxy) is 2. The summed E-state index contributed by atoms with van der Waals surface area (Å²) in [5, 5.41) is 12.6. The number of likely N-dealkylation sites (tertiary alicyclic amines) is 1. The van der Waals surface area contributed by atoms with E-state index in [1.807, 2.05) is 0 Å². The van der Waals surface area contributed by atoms with Gasteiger partial charge < -0.3 is 24.8 Å². The van der Waals surface area contributed by atoms with Crippen LogP contribution in [0.1, 0.15) is 52.9 Å². The summed E-state index contributed by atoms with van der Waals surface area (Å²) >= 11 is 0. The van der Waals surface area contributed by atoms with E-state index in [-0.39, 0.29) is 24.9 Å². The molecule has 1 aromatic heterocycles. The highest BCUT2D eigenvalue weighted by molar-refractivity contribution is 5.90. The average molecular weight is 528 g/mol. The van der Waals surface area contributed by atoms with Crippen LogP contribution in [0.2, 0.25) is 0 Å². The molecule has 1 aromatic carbocycles. The largest absolute Gasteiger partial charge is 0.488 e. The van der Waals surface area contributed by atoms with Gasteiger partial charge in [0.05, 0.1) is 12.2 Å². The maximum Gasteiger partial charge on any atom is 0.408 e. The van der Waals surface area contributed by atoms with Gasteiger partial charge in [0.1, 0.15) is 35.9 Å². The monoisotopic (exact) mass is 527 g/mol. The van der Waals surface area contributed by atoms with Gasteiger partial charge in [0.2, 0.25) is 5.91 Å². The highest BCUT2D eigenvalue weighted by Crippen LogP contribution is 2.30. The van der Waals surface area contributed by atoms with Gasteiger partial charge >= 0.3 is 12.1 Å². The second kappa shape index (κ2) is 11.4. The van der Waals surface area contributed by atoms with E-state index in [4.69, 9.17) is 9.47 Å². The molecule has 204 valence electrons. The van der Waals surface area contributed by atoms with Crippen LogP contribution >= 0.6 is 0 Å². The SMILES string of the molecule is CC(C)(C)C(NC(=O)OC1CCCC1)C(=O)N1CC(Oc2ccnc(-c3ccc(F)cc3)c2)CC1C(=O)O. The molecule has 1 aliphatic carbocycles. The van der Waals surface area contributed by atoms with E-state index < -0.39 is 41.6 Å². The maximum absolute atomic E-state index is 13.6. The van der Waals surface area contributed by atoms with E-state index in [2.05, 4.69) is 10.3 Å². The molecule has 1 saturated heterocycles. The molecule has 0 spiro atoms. The normalized spacial score (nSPS) is 20.7. The Morgan fingerprint density at radius 1 is 1.11 bits per heavy atom. The smallest absolute Gasteiger partial charge is 0.408 e. The number of carboxylic acids is 1. The summed E-state index contributed by atoms with van der Waals surface area (Å²) in [5.41, 5.74) is 0.580. The summed E-state index contributed by atoms with van der Waals surface area (Å²) in [5.74, 6) is -1.55. The van der Waals surface area contributed by atoms with Gasteiger partial charge in [-0.05, 0) is 61.4 Å². The summed E-state index contributed by atoms with van der Waals surface area (Å²) in [6.07, 6.45) is 3.80. The lowest BCUT2D eigenvalue weighted by Crippen LogP contribution is -2.57. The number of hydrogen-bond donors (Lipinski definition) is 2. The van der Waals surface area contributed by atoms with Crippen molar-refractivity contribution in [3.8, 4) is 17.0 Å². The summed E-state index contributed by atoms with van der Waals surface area (Å²) in [4.78, 5) is 43.9. The van der Waals surface area contributed by atoms with Crippen molar-refractivity contribution in [2.75, 3.05) is 6.54 Å². The quantitative estimate of drug-likeness (QED) is 0.548. The van der Waals surface area contributed by atoms with E-state index in [9.17, 15) is 23.9 Å². The lowest BCUT2D eigenvalue weighted by atomic mass is 9.85. The fourth-order valence-electron chi connectivity index (χ4n) is 4.94. The molecule has 2 heterocycles. The number of rotatable bonds is 7. The highest BCUT2D eigenvalue weighted by Gasteiger charge is 2.46. The van der Waals surface area contributed by atoms with Crippen LogP contribution in [0.5, 0.6) is 5.75 Å². The minimum absolute atomic E-state index is 0.0376. The fraction of sp³-hybridized carbons (Fsp3) is 0.500. The van der Waals surface area contributed by atoms with E-state index in [0.29, 0.717) is 17.0 Å². The number of pyridine rings is 1. The van der Waals surface area contributed by atoms with Gasteiger partial charge in [-0.1, -0.05) is 20.8 Å². The van der Waals surface area contributed by atoms with Crippen LogP contribution in [0.15, 0.2) is 42.6 Å². The van der Waals surface area contributed by atoms with Crippen LogP contribution in [0.3, 0.4) is 0 Å². The van der Waals surface area contributed by atoms with Gasteiger partial charge in [-0.25, -0.2) is 14.0 Å². The van der Waals surface area contributed by atoms with Crippen LogP contribution in [-0.2, 0) is 14.3 Å². The summed E-state index contributed by atoms with van der Waals surface area (Å²) in [7, 11) is 0. The van der Waals surface area contributed by atoms with Crippen molar-refractivity contribution in [1.82, 2.24) is 15.2 Å². The van der Waals surface area contributed by atoms with Gasteiger partial charge in [-0.3, -0.25) is 9.78 Å². The van der Waals surface area contributed by atoms with Crippen molar-refractivity contribution < 1.29 is 33.4 Å². The Labute approximate surface area is 221 Å². The number of aromatic nitrogens is 1. The Balaban J connectivity index is 1.47. The van der Waals surface area contributed by atoms with Crippen molar-refractivity contribution in [3.05, 3.63) is 48.4 Å². The predicted octanol–water partition coefficient (Wildman–Crippen LogP) is 4.40. The number of benzene rings is 1. The molecule has 2 N–H and O–H groups in total. The lowest BCUT2D eigenvalue weighted by molar-refractivity contribution is -0.150. The second-order valence-corrected chi connectivity index (χ2v) is 11.0. The van der Waals surface area contributed by atoms with Gasteiger partial charge in [0.15, 0.2) is 0 Å². The van der Waals surface area contributed by atoms with Gasteiger partial charge in [0, 0.05) is 24.2 Å². The molecule has 9 nitrogen and oxygen atoms in total. The molecule has 2 amide bonds. The molecule has 3 unspecified atom stereocenters. The molecule has 0 radical (unpaired) electrons. The van der Waals surface area contributed by atoms with Crippen molar-refractivity contribution in [2.24, 2.45) is 5.41 Å². The number of carboxylic acid groups (broad SMARTS) is 1. The average Bonchev–Trinajstić information content (AvgIpc) is 3.52. The third-order valence-corrected chi connectivity index (χ3v) is 6.96. The number of amides is 2. The Morgan fingerprint density at radius 3 is 2.42 bits per heavy atom. The number of aliphatic carboxylic acids is 1. The molecule has 10 heteroatoms. The predicted molar refractivity (Wildman–Crippen MR) is 137 cm³/mol. The number of halogens is 1.